The molecule has 1 unspecified atom stereocenters. The maximum atomic E-state index is 13.1. The lowest BCUT2D eigenvalue weighted by Gasteiger charge is -2.10. The fourth-order valence-electron chi connectivity index (χ4n) is 2.54. The van der Waals surface area contributed by atoms with Crippen LogP contribution >= 0.6 is 0 Å². The summed E-state index contributed by atoms with van der Waals surface area (Å²) in [7, 11) is 0. The second-order valence-electron chi connectivity index (χ2n) is 4.93. The zero-order chi connectivity index (χ0) is 13.9. The van der Waals surface area contributed by atoms with E-state index in [1.807, 2.05) is 24.3 Å². The molecule has 2 aromatic rings. The summed E-state index contributed by atoms with van der Waals surface area (Å²) in [5, 5.41) is 6.02. The van der Waals surface area contributed by atoms with E-state index in [1.165, 1.54) is 17.7 Å². The summed E-state index contributed by atoms with van der Waals surface area (Å²) in [6.07, 6.45) is 0.389. The van der Waals surface area contributed by atoms with Crippen molar-refractivity contribution >= 4 is 17.3 Å². The van der Waals surface area contributed by atoms with Crippen LogP contribution in [0.15, 0.2) is 48.5 Å². The standard InChI is InChI=1S/C16H15FN2O/c17-12-4-3-5-13(9-12)19-16(20)8-11-10-18-15-7-2-1-6-14(11)15/h1-7,9,11,18H,8,10H2,(H,19,20). The molecule has 3 rings (SSSR count). The van der Waals surface area contributed by atoms with E-state index in [9.17, 15) is 9.18 Å². The van der Waals surface area contributed by atoms with E-state index in [0.717, 1.165) is 12.2 Å². The number of amides is 1. The minimum absolute atomic E-state index is 0.0981. The van der Waals surface area contributed by atoms with Gasteiger partial charge in [0, 0.05) is 30.3 Å². The molecular weight excluding hydrogens is 255 g/mol. The molecule has 102 valence electrons. The minimum Gasteiger partial charge on any atom is -0.384 e. The van der Waals surface area contributed by atoms with E-state index in [4.69, 9.17) is 0 Å². The predicted molar refractivity (Wildman–Crippen MR) is 77.3 cm³/mol. The van der Waals surface area contributed by atoms with Crippen LogP contribution in [-0.2, 0) is 4.79 Å². The summed E-state index contributed by atoms with van der Waals surface area (Å²) in [6.45, 7) is 0.760. The molecular formula is C16H15FN2O. The molecule has 2 N–H and O–H groups in total. The highest BCUT2D eigenvalue weighted by Crippen LogP contribution is 2.33. The summed E-state index contributed by atoms with van der Waals surface area (Å²) < 4.78 is 13.1. The van der Waals surface area contributed by atoms with E-state index >= 15 is 0 Å². The smallest absolute Gasteiger partial charge is 0.225 e. The molecule has 1 aliphatic heterocycles. The van der Waals surface area contributed by atoms with Gasteiger partial charge in [0.15, 0.2) is 0 Å². The molecule has 0 radical (unpaired) electrons. The average molecular weight is 270 g/mol. The molecule has 0 spiro atoms. The summed E-state index contributed by atoms with van der Waals surface area (Å²) in [5.74, 6) is -0.283. The van der Waals surface area contributed by atoms with Gasteiger partial charge in [-0.15, -0.1) is 0 Å². The Labute approximate surface area is 116 Å². The van der Waals surface area contributed by atoms with Crippen LogP contribution in [0.5, 0.6) is 0 Å². The third kappa shape index (κ3) is 2.64. The van der Waals surface area contributed by atoms with Gasteiger partial charge in [-0.3, -0.25) is 4.79 Å². The van der Waals surface area contributed by atoms with Gasteiger partial charge in [-0.05, 0) is 29.8 Å². The van der Waals surface area contributed by atoms with E-state index < -0.39 is 0 Å². The second-order valence-corrected chi connectivity index (χ2v) is 4.93. The van der Waals surface area contributed by atoms with Crippen molar-refractivity contribution in [1.82, 2.24) is 0 Å². The normalized spacial score (nSPS) is 16.4. The maximum absolute atomic E-state index is 13.1. The van der Waals surface area contributed by atoms with Gasteiger partial charge in [0.2, 0.25) is 5.91 Å². The monoisotopic (exact) mass is 270 g/mol. The van der Waals surface area contributed by atoms with Crippen molar-refractivity contribution < 1.29 is 9.18 Å². The number of para-hydroxylation sites is 1. The first-order valence-corrected chi connectivity index (χ1v) is 6.60. The highest BCUT2D eigenvalue weighted by atomic mass is 19.1. The number of benzene rings is 2. The number of carbonyl (C=O) groups excluding carboxylic acids is 1. The molecule has 20 heavy (non-hydrogen) atoms. The number of halogens is 1. The van der Waals surface area contributed by atoms with E-state index in [-0.39, 0.29) is 17.6 Å². The van der Waals surface area contributed by atoms with Crippen molar-refractivity contribution in [2.24, 2.45) is 0 Å². The molecule has 3 nitrogen and oxygen atoms in total. The van der Waals surface area contributed by atoms with Crippen LogP contribution in [0.2, 0.25) is 0 Å². The molecule has 1 amide bonds. The molecule has 1 atom stereocenters. The molecule has 2 aromatic carbocycles. The van der Waals surface area contributed by atoms with Crippen molar-refractivity contribution in [3.8, 4) is 0 Å². The fraction of sp³-hybridized carbons (Fsp3) is 0.188. The molecule has 0 aliphatic carbocycles. The van der Waals surface area contributed by atoms with Crippen LogP contribution in [0.25, 0.3) is 0 Å². The molecule has 0 saturated heterocycles. The molecule has 0 aromatic heterocycles. The lowest BCUT2D eigenvalue weighted by atomic mass is 9.97. The third-order valence-electron chi connectivity index (χ3n) is 3.48. The van der Waals surface area contributed by atoms with Gasteiger partial charge in [0.1, 0.15) is 5.82 Å². The van der Waals surface area contributed by atoms with Crippen molar-refractivity contribution in [3.63, 3.8) is 0 Å². The lowest BCUT2D eigenvalue weighted by molar-refractivity contribution is -0.116. The Morgan fingerprint density at radius 2 is 2.10 bits per heavy atom. The van der Waals surface area contributed by atoms with Crippen molar-refractivity contribution in [1.29, 1.82) is 0 Å². The Kier molecular flexibility index (Phi) is 3.37. The van der Waals surface area contributed by atoms with Crippen LogP contribution in [0.1, 0.15) is 17.9 Å². The van der Waals surface area contributed by atoms with Gasteiger partial charge >= 0.3 is 0 Å². The second kappa shape index (κ2) is 5.33. The van der Waals surface area contributed by atoms with Crippen molar-refractivity contribution in [3.05, 3.63) is 59.9 Å². The average Bonchev–Trinajstić information content (AvgIpc) is 2.82. The fourth-order valence-corrected chi connectivity index (χ4v) is 2.54. The van der Waals surface area contributed by atoms with Gasteiger partial charge in [-0.2, -0.15) is 0 Å². The molecule has 0 saturated carbocycles. The number of fused-ring (bicyclic) bond motifs is 1. The van der Waals surface area contributed by atoms with Crippen LogP contribution in [0.3, 0.4) is 0 Å². The van der Waals surface area contributed by atoms with E-state index in [0.29, 0.717) is 12.1 Å². The van der Waals surface area contributed by atoms with Gasteiger partial charge < -0.3 is 10.6 Å². The van der Waals surface area contributed by atoms with Crippen LogP contribution in [-0.4, -0.2) is 12.5 Å². The summed E-state index contributed by atoms with van der Waals surface area (Å²) in [6, 6.07) is 13.9. The van der Waals surface area contributed by atoms with Crippen molar-refractivity contribution in [2.45, 2.75) is 12.3 Å². The van der Waals surface area contributed by atoms with Gasteiger partial charge in [0.05, 0.1) is 0 Å². The first-order valence-electron chi connectivity index (χ1n) is 6.60. The zero-order valence-corrected chi connectivity index (χ0v) is 10.9. The Morgan fingerprint density at radius 3 is 2.95 bits per heavy atom. The summed E-state index contributed by atoms with van der Waals surface area (Å²) in [4.78, 5) is 12.0. The summed E-state index contributed by atoms with van der Waals surface area (Å²) in [5.41, 5.74) is 2.76. The predicted octanol–water partition coefficient (Wildman–Crippen LogP) is 3.36. The lowest BCUT2D eigenvalue weighted by Crippen LogP contribution is -2.16. The Hall–Kier alpha value is -2.36. The zero-order valence-electron chi connectivity index (χ0n) is 10.9. The third-order valence-corrected chi connectivity index (χ3v) is 3.48. The molecule has 0 bridgehead atoms. The maximum Gasteiger partial charge on any atom is 0.225 e. The molecule has 1 aliphatic rings. The van der Waals surface area contributed by atoms with Gasteiger partial charge in [0.25, 0.3) is 0 Å². The first-order chi connectivity index (χ1) is 9.72. The summed E-state index contributed by atoms with van der Waals surface area (Å²) >= 11 is 0. The number of rotatable bonds is 3. The number of hydrogen-bond acceptors (Lipinski definition) is 2. The van der Waals surface area contributed by atoms with Crippen LogP contribution in [0, 0.1) is 5.82 Å². The Balaban J connectivity index is 1.66. The minimum atomic E-state index is -0.351. The van der Waals surface area contributed by atoms with E-state index in [2.05, 4.69) is 10.6 Å². The molecule has 1 heterocycles. The van der Waals surface area contributed by atoms with Crippen LogP contribution < -0.4 is 10.6 Å². The number of hydrogen-bond donors (Lipinski definition) is 2. The topological polar surface area (TPSA) is 41.1 Å². The Morgan fingerprint density at radius 1 is 1.25 bits per heavy atom. The largest absolute Gasteiger partial charge is 0.384 e. The molecule has 0 fully saturated rings. The number of anilines is 2. The highest BCUT2D eigenvalue weighted by molar-refractivity contribution is 5.91. The number of nitrogens with one attached hydrogen (secondary N) is 2. The quantitative estimate of drug-likeness (QED) is 0.898. The SMILES string of the molecule is O=C(CC1CNc2ccccc21)Nc1cccc(F)c1. The highest BCUT2D eigenvalue weighted by Gasteiger charge is 2.23. The Bertz CT molecular complexity index is 642. The molecule has 4 heteroatoms. The van der Waals surface area contributed by atoms with Crippen molar-refractivity contribution in [2.75, 3.05) is 17.2 Å². The van der Waals surface area contributed by atoms with E-state index in [1.54, 1.807) is 12.1 Å². The van der Waals surface area contributed by atoms with Gasteiger partial charge in [-0.25, -0.2) is 4.39 Å². The van der Waals surface area contributed by atoms with Gasteiger partial charge in [-0.1, -0.05) is 24.3 Å². The number of carbonyl (C=O) groups is 1. The van der Waals surface area contributed by atoms with Crippen LogP contribution in [0.4, 0.5) is 15.8 Å². The first kappa shape index (κ1) is 12.7.